The molecule has 2 N–H and O–H groups in total. The first kappa shape index (κ1) is 15.2. The van der Waals surface area contributed by atoms with Gasteiger partial charge < -0.3 is 15.4 Å². The highest BCUT2D eigenvalue weighted by atomic mass is 19.4. The molecule has 0 heterocycles. The summed E-state index contributed by atoms with van der Waals surface area (Å²) in [7, 11) is 1.56. The molecular formula is C9H17F3N2O2. The molecule has 0 aromatic heterocycles. The van der Waals surface area contributed by atoms with Crippen LogP contribution < -0.4 is 10.6 Å². The van der Waals surface area contributed by atoms with Crippen LogP contribution in [0.5, 0.6) is 0 Å². The lowest BCUT2D eigenvalue weighted by Gasteiger charge is -2.12. The number of alkyl halides is 3. The van der Waals surface area contributed by atoms with Crippen molar-refractivity contribution in [3.8, 4) is 0 Å². The SMILES string of the molecule is COCC(C)CNCC(=O)NCC(F)(F)F. The van der Waals surface area contributed by atoms with Gasteiger partial charge in [0.05, 0.1) is 6.54 Å². The van der Waals surface area contributed by atoms with Crippen LogP contribution in [0.15, 0.2) is 0 Å². The fourth-order valence-corrected chi connectivity index (χ4v) is 1.04. The van der Waals surface area contributed by atoms with Crippen LogP contribution in [0.1, 0.15) is 6.92 Å². The zero-order chi connectivity index (χ0) is 12.6. The Morgan fingerprint density at radius 1 is 1.44 bits per heavy atom. The van der Waals surface area contributed by atoms with Crippen LogP contribution in [0.4, 0.5) is 13.2 Å². The molecule has 96 valence electrons. The average Bonchev–Trinajstić information content (AvgIpc) is 2.14. The summed E-state index contributed by atoms with van der Waals surface area (Å²) in [6, 6.07) is 0. The third kappa shape index (κ3) is 9.72. The van der Waals surface area contributed by atoms with Crippen LogP contribution in [-0.2, 0) is 9.53 Å². The first-order chi connectivity index (χ1) is 7.35. The van der Waals surface area contributed by atoms with Gasteiger partial charge in [0.25, 0.3) is 0 Å². The number of carbonyl (C=O) groups is 1. The molecule has 0 rings (SSSR count). The van der Waals surface area contributed by atoms with Gasteiger partial charge >= 0.3 is 6.18 Å². The van der Waals surface area contributed by atoms with Crippen molar-refractivity contribution in [1.82, 2.24) is 10.6 Å². The van der Waals surface area contributed by atoms with E-state index in [0.29, 0.717) is 13.2 Å². The van der Waals surface area contributed by atoms with Crippen molar-refractivity contribution in [3.05, 3.63) is 0 Å². The minimum absolute atomic E-state index is 0.121. The Morgan fingerprint density at radius 2 is 2.06 bits per heavy atom. The van der Waals surface area contributed by atoms with Crippen molar-refractivity contribution in [2.75, 3.05) is 33.4 Å². The van der Waals surface area contributed by atoms with E-state index in [2.05, 4.69) is 5.32 Å². The van der Waals surface area contributed by atoms with E-state index in [1.165, 1.54) is 0 Å². The summed E-state index contributed by atoms with van der Waals surface area (Å²) in [5.41, 5.74) is 0. The fraction of sp³-hybridized carbons (Fsp3) is 0.889. The predicted octanol–water partition coefficient (Wildman–Crippen LogP) is 0.537. The van der Waals surface area contributed by atoms with E-state index in [-0.39, 0.29) is 12.5 Å². The van der Waals surface area contributed by atoms with Gasteiger partial charge in [-0.2, -0.15) is 13.2 Å². The van der Waals surface area contributed by atoms with Gasteiger partial charge in [0.1, 0.15) is 6.54 Å². The fourth-order valence-electron chi connectivity index (χ4n) is 1.04. The van der Waals surface area contributed by atoms with E-state index in [1.54, 1.807) is 12.4 Å². The number of methoxy groups -OCH3 is 1. The predicted molar refractivity (Wildman–Crippen MR) is 53.0 cm³/mol. The van der Waals surface area contributed by atoms with E-state index in [1.807, 2.05) is 6.92 Å². The third-order valence-corrected chi connectivity index (χ3v) is 1.72. The number of halogens is 3. The summed E-state index contributed by atoms with van der Waals surface area (Å²) < 4.78 is 40.0. The van der Waals surface area contributed by atoms with Crippen LogP contribution in [0.25, 0.3) is 0 Å². The summed E-state index contributed by atoms with van der Waals surface area (Å²) >= 11 is 0. The number of carbonyl (C=O) groups excluding carboxylic acids is 1. The van der Waals surface area contributed by atoms with E-state index < -0.39 is 18.6 Å². The number of rotatable bonds is 7. The van der Waals surface area contributed by atoms with Crippen LogP contribution in [0.3, 0.4) is 0 Å². The monoisotopic (exact) mass is 242 g/mol. The van der Waals surface area contributed by atoms with Crippen molar-refractivity contribution in [1.29, 1.82) is 0 Å². The van der Waals surface area contributed by atoms with E-state index >= 15 is 0 Å². The van der Waals surface area contributed by atoms with Crippen LogP contribution in [0.2, 0.25) is 0 Å². The summed E-state index contributed by atoms with van der Waals surface area (Å²) in [5, 5.41) is 4.52. The second-order valence-electron chi connectivity index (χ2n) is 3.58. The lowest BCUT2D eigenvalue weighted by molar-refractivity contribution is -0.137. The van der Waals surface area contributed by atoms with Crippen molar-refractivity contribution < 1.29 is 22.7 Å². The second kappa shape index (κ2) is 7.45. The van der Waals surface area contributed by atoms with Gasteiger partial charge in [-0.1, -0.05) is 6.92 Å². The standard InChI is InChI=1S/C9H17F3N2O2/c1-7(5-16-2)3-13-4-8(15)14-6-9(10,11)12/h7,13H,3-6H2,1-2H3,(H,14,15). The number of ether oxygens (including phenoxy) is 1. The Balaban J connectivity index is 3.51. The Labute approximate surface area is 92.5 Å². The number of hydrogen-bond acceptors (Lipinski definition) is 3. The number of hydrogen-bond donors (Lipinski definition) is 2. The summed E-state index contributed by atoms with van der Waals surface area (Å²) in [6.07, 6.45) is -4.36. The molecule has 0 bridgehead atoms. The zero-order valence-corrected chi connectivity index (χ0v) is 9.36. The quantitative estimate of drug-likeness (QED) is 0.685. The Kier molecular flexibility index (Phi) is 7.07. The van der Waals surface area contributed by atoms with Gasteiger partial charge in [0.2, 0.25) is 5.91 Å². The van der Waals surface area contributed by atoms with Crippen LogP contribution >= 0.6 is 0 Å². The minimum atomic E-state index is -4.36. The maximum Gasteiger partial charge on any atom is 0.405 e. The Hall–Kier alpha value is -0.820. The first-order valence-electron chi connectivity index (χ1n) is 4.88. The molecule has 1 atom stereocenters. The molecule has 0 aliphatic heterocycles. The van der Waals surface area contributed by atoms with Gasteiger partial charge in [-0.25, -0.2) is 0 Å². The van der Waals surface area contributed by atoms with Crippen LogP contribution in [-0.4, -0.2) is 45.4 Å². The molecule has 0 aromatic carbocycles. The average molecular weight is 242 g/mol. The molecule has 1 unspecified atom stereocenters. The largest absolute Gasteiger partial charge is 0.405 e. The van der Waals surface area contributed by atoms with E-state index in [0.717, 1.165) is 0 Å². The molecule has 0 aliphatic carbocycles. The lowest BCUT2D eigenvalue weighted by atomic mass is 10.2. The Morgan fingerprint density at radius 3 is 2.56 bits per heavy atom. The summed E-state index contributed by atoms with van der Waals surface area (Å²) in [6.45, 7) is 1.56. The molecule has 0 spiro atoms. The Bertz CT molecular complexity index is 209. The molecule has 16 heavy (non-hydrogen) atoms. The highest BCUT2D eigenvalue weighted by Gasteiger charge is 2.27. The van der Waals surface area contributed by atoms with E-state index in [4.69, 9.17) is 4.74 Å². The molecular weight excluding hydrogens is 225 g/mol. The van der Waals surface area contributed by atoms with Crippen molar-refractivity contribution in [3.63, 3.8) is 0 Å². The molecule has 0 fully saturated rings. The molecule has 0 saturated carbocycles. The second-order valence-corrected chi connectivity index (χ2v) is 3.58. The third-order valence-electron chi connectivity index (χ3n) is 1.72. The topological polar surface area (TPSA) is 50.4 Å². The molecule has 4 nitrogen and oxygen atoms in total. The van der Waals surface area contributed by atoms with Gasteiger partial charge in [-0.05, 0) is 5.92 Å². The van der Waals surface area contributed by atoms with Gasteiger partial charge in [-0.3, -0.25) is 4.79 Å². The maximum atomic E-state index is 11.7. The molecule has 0 radical (unpaired) electrons. The van der Waals surface area contributed by atoms with Crippen molar-refractivity contribution >= 4 is 5.91 Å². The van der Waals surface area contributed by atoms with Gasteiger partial charge in [0.15, 0.2) is 0 Å². The maximum absolute atomic E-state index is 11.7. The molecule has 1 amide bonds. The van der Waals surface area contributed by atoms with Gasteiger partial charge in [-0.15, -0.1) is 0 Å². The molecule has 0 saturated heterocycles. The highest BCUT2D eigenvalue weighted by molar-refractivity contribution is 5.77. The molecule has 0 aliphatic rings. The summed E-state index contributed by atoms with van der Waals surface area (Å²) in [4.78, 5) is 10.9. The van der Waals surface area contributed by atoms with Crippen molar-refractivity contribution in [2.24, 2.45) is 5.92 Å². The highest BCUT2D eigenvalue weighted by Crippen LogP contribution is 2.11. The van der Waals surface area contributed by atoms with E-state index in [9.17, 15) is 18.0 Å². The number of amides is 1. The number of nitrogens with one attached hydrogen (secondary N) is 2. The molecule has 0 aromatic rings. The van der Waals surface area contributed by atoms with Crippen LogP contribution in [0, 0.1) is 5.92 Å². The zero-order valence-electron chi connectivity index (χ0n) is 9.36. The lowest BCUT2D eigenvalue weighted by Crippen LogP contribution is -2.40. The molecule has 7 heteroatoms. The normalized spacial score (nSPS) is 13.6. The summed E-state index contributed by atoms with van der Waals surface area (Å²) in [5.74, 6) is -0.456. The van der Waals surface area contributed by atoms with Crippen molar-refractivity contribution in [2.45, 2.75) is 13.1 Å². The first-order valence-corrected chi connectivity index (χ1v) is 4.88. The smallest absolute Gasteiger partial charge is 0.384 e. The minimum Gasteiger partial charge on any atom is -0.384 e. The van der Waals surface area contributed by atoms with Gasteiger partial charge in [0, 0.05) is 20.3 Å².